The Hall–Kier alpha value is -3.01. The van der Waals surface area contributed by atoms with Crippen LogP contribution in [0.3, 0.4) is 0 Å². The smallest absolute Gasteiger partial charge is 0.264 e. The number of carbonyl (C=O) groups is 1. The van der Waals surface area contributed by atoms with E-state index in [1.807, 2.05) is 36.4 Å². The lowest BCUT2D eigenvalue weighted by Gasteiger charge is -2.07. The van der Waals surface area contributed by atoms with Gasteiger partial charge in [0.25, 0.3) is 5.95 Å². The summed E-state index contributed by atoms with van der Waals surface area (Å²) < 4.78 is 1.21. The fourth-order valence-electron chi connectivity index (χ4n) is 2.22. The van der Waals surface area contributed by atoms with Crippen molar-refractivity contribution in [1.29, 1.82) is 0 Å². The van der Waals surface area contributed by atoms with Gasteiger partial charge in [-0.3, -0.25) is 4.79 Å². The van der Waals surface area contributed by atoms with Gasteiger partial charge < -0.3 is 11.2 Å². The van der Waals surface area contributed by atoms with Crippen molar-refractivity contribution in [3.05, 3.63) is 70.2 Å². The molecular weight excluding hydrogens is 445 g/mol. The van der Waals surface area contributed by atoms with Gasteiger partial charge >= 0.3 is 0 Å². The lowest BCUT2D eigenvalue weighted by molar-refractivity contribution is -0.113. The Labute approximate surface area is 187 Å². The quantitative estimate of drug-likeness (QED) is 0.201. The fourth-order valence-corrected chi connectivity index (χ4v) is 3.33. The molecule has 0 radical (unpaired) electrons. The zero-order chi connectivity index (χ0) is 21.3. The Morgan fingerprint density at radius 1 is 1.20 bits per heavy atom. The number of benzene rings is 2. The molecule has 0 saturated carbocycles. The highest BCUT2D eigenvalue weighted by molar-refractivity contribution is 7.99. The summed E-state index contributed by atoms with van der Waals surface area (Å²) in [6.07, 6.45) is 5.25. The Kier molecular flexibility index (Phi) is 7.72. The molecule has 1 aromatic heterocycles. The molecule has 0 atom stereocenters. The van der Waals surface area contributed by atoms with Gasteiger partial charge in [-0.15, -0.1) is 10.2 Å². The van der Waals surface area contributed by atoms with Crippen LogP contribution < -0.4 is 16.6 Å². The van der Waals surface area contributed by atoms with Crippen LogP contribution in [0, 0.1) is 0 Å². The molecule has 8 nitrogen and oxygen atoms in total. The summed E-state index contributed by atoms with van der Waals surface area (Å²) in [6, 6.07) is 14.6. The molecule has 0 aliphatic rings. The second kappa shape index (κ2) is 10.7. The van der Waals surface area contributed by atoms with E-state index in [-0.39, 0.29) is 17.6 Å². The van der Waals surface area contributed by atoms with Gasteiger partial charge in [0, 0.05) is 11.2 Å². The van der Waals surface area contributed by atoms with Crippen LogP contribution in [0.15, 0.2) is 64.9 Å². The summed E-state index contributed by atoms with van der Waals surface area (Å²) in [5.74, 6) is 5.97. The lowest BCUT2D eigenvalue weighted by Crippen LogP contribution is -2.17. The number of allylic oxidation sites excluding steroid dienone is 1. The van der Waals surface area contributed by atoms with Crippen molar-refractivity contribution >= 4 is 64.8 Å². The number of nitrogens with one attached hydrogen (secondary N) is 2. The molecule has 0 aliphatic heterocycles. The van der Waals surface area contributed by atoms with Crippen LogP contribution in [0.1, 0.15) is 5.56 Å². The van der Waals surface area contributed by atoms with Crippen molar-refractivity contribution in [3.63, 3.8) is 0 Å². The molecule has 0 aliphatic carbocycles. The van der Waals surface area contributed by atoms with Crippen molar-refractivity contribution in [2.24, 2.45) is 5.10 Å². The van der Waals surface area contributed by atoms with Gasteiger partial charge in [-0.1, -0.05) is 71.4 Å². The monoisotopic (exact) mass is 461 g/mol. The summed E-state index contributed by atoms with van der Waals surface area (Å²) >= 11 is 13.0. The molecule has 0 fully saturated rings. The molecular formula is C19H17Cl2N7OS. The zero-order valence-corrected chi connectivity index (χ0v) is 17.8. The normalized spacial score (nSPS) is 11.3. The predicted molar refractivity (Wildman–Crippen MR) is 124 cm³/mol. The molecule has 2 aromatic carbocycles. The van der Waals surface area contributed by atoms with E-state index < -0.39 is 0 Å². The third kappa shape index (κ3) is 6.24. The molecule has 1 heterocycles. The Bertz CT molecular complexity index is 1070. The number of amides is 1. The number of hydrazone groups is 1. The van der Waals surface area contributed by atoms with Crippen LogP contribution in [0.4, 0.5) is 11.6 Å². The highest BCUT2D eigenvalue weighted by Crippen LogP contribution is 2.26. The maximum atomic E-state index is 12.1. The molecule has 0 bridgehead atoms. The first-order valence-electron chi connectivity index (χ1n) is 8.62. The zero-order valence-electron chi connectivity index (χ0n) is 15.5. The number of aromatic nitrogens is 3. The van der Waals surface area contributed by atoms with Crippen LogP contribution >= 0.6 is 35.0 Å². The standard InChI is InChI=1S/C19H17Cl2N7OS/c20-14-8-9-16(15(21)11-14)24-17(29)12-30-19-27-26-18(28(19)22)25-23-10-4-7-13-5-2-1-3-6-13/h1-11H,12,22H2,(H,24,29)(H,25,26)/b7-4+,23-10+. The maximum absolute atomic E-state index is 12.1. The van der Waals surface area contributed by atoms with E-state index in [1.54, 1.807) is 30.5 Å². The van der Waals surface area contributed by atoms with Crippen LogP contribution in [0.5, 0.6) is 0 Å². The van der Waals surface area contributed by atoms with Crippen LogP contribution in [0.25, 0.3) is 6.08 Å². The van der Waals surface area contributed by atoms with Gasteiger partial charge in [0.2, 0.25) is 11.1 Å². The minimum absolute atomic E-state index is 0.0668. The van der Waals surface area contributed by atoms with Crippen LogP contribution in [-0.2, 0) is 4.79 Å². The maximum Gasteiger partial charge on any atom is 0.264 e. The third-order valence-electron chi connectivity index (χ3n) is 3.62. The van der Waals surface area contributed by atoms with E-state index in [1.165, 1.54) is 4.68 Å². The van der Waals surface area contributed by atoms with Gasteiger partial charge in [0.15, 0.2) is 0 Å². The van der Waals surface area contributed by atoms with E-state index in [0.29, 0.717) is 20.9 Å². The Morgan fingerprint density at radius 2 is 2.00 bits per heavy atom. The third-order valence-corrected chi connectivity index (χ3v) is 5.11. The number of hydrogen-bond donors (Lipinski definition) is 3. The van der Waals surface area contributed by atoms with E-state index >= 15 is 0 Å². The molecule has 0 unspecified atom stereocenters. The highest BCUT2D eigenvalue weighted by atomic mass is 35.5. The van der Waals surface area contributed by atoms with Crippen molar-refractivity contribution in [1.82, 2.24) is 14.9 Å². The van der Waals surface area contributed by atoms with Crippen molar-refractivity contribution in [2.45, 2.75) is 5.16 Å². The van der Waals surface area contributed by atoms with Crippen LogP contribution in [-0.4, -0.2) is 32.7 Å². The molecule has 30 heavy (non-hydrogen) atoms. The van der Waals surface area contributed by atoms with E-state index in [4.69, 9.17) is 29.0 Å². The summed E-state index contributed by atoms with van der Waals surface area (Å²) in [4.78, 5) is 12.1. The Balaban J connectivity index is 1.49. The van der Waals surface area contributed by atoms with E-state index in [2.05, 4.69) is 26.0 Å². The summed E-state index contributed by atoms with van der Waals surface area (Å²) in [5.41, 5.74) is 4.23. The molecule has 3 aromatic rings. The van der Waals surface area contributed by atoms with Crippen LogP contribution in [0.2, 0.25) is 10.0 Å². The van der Waals surface area contributed by atoms with Crippen molar-refractivity contribution in [2.75, 3.05) is 22.3 Å². The van der Waals surface area contributed by atoms with Gasteiger partial charge in [0.1, 0.15) is 0 Å². The topological polar surface area (TPSA) is 110 Å². The first kappa shape index (κ1) is 21.7. The molecule has 1 amide bonds. The first-order chi connectivity index (χ1) is 14.5. The number of nitrogens with zero attached hydrogens (tertiary/aromatic N) is 4. The number of rotatable bonds is 8. The second-order valence-corrected chi connectivity index (χ2v) is 7.58. The number of nitrogen functional groups attached to an aromatic ring is 1. The number of hydrogen-bond acceptors (Lipinski definition) is 7. The number of halogens is 2. The first-order valence-corrected chi connectivity index (χ1v) is 10.4. The Morgan fingerprint density at radius 3 is 2.77 bits per heavy atom. The average Bonchev–Trinajstić information content (AvgIpc) is 3.09. The molecule has 3 rings (SSSR count). The number of carbonyl (C=O) groups excluding carboxylic acids is 1. The largest absolute Gasteiger partial charge is 0.334 e. The second-order valence-electron chi connectivity index (χ2n) is 5.80. The molecule has 154 valence electrons. The summed E-state index contributed by atoms with van der Waals surface area (Å²) in [7, 11) is 0. The van der Waals surface area contributed by atoms with Gasteiger partial charge in [-0.05, 0) is 29.8 Å². The van der Waals surface area contributed by atoms with E-state index in [9.17, 15) is 4.79 Å². The molecule has 4 N–H and O–H groups in total. The SMILES string of the molecule is Nn1c(N/N=C/C=C/c2ccccc2)nnc1SCC(=O)Nc1ccc(Cl)cc1Cl. The van der Waals surface area contributed by atoms with E-state index in [0.717, 1.165) is 17.3 Å². The minimum atomic E-state index is -0.272. The molecule has 11 heteroatoms. The van der Waals surface area contributed by atoms with Crippen molar-refractivity contribution in [3.8, 4) is 0 Å². The number of anilines is 2. The fraction of sp³-hybridized carbons (Fsp3) is 0.0526. The molecule has 0 spiro atoms. The van der Waals surface area contributed by atoms with Gasteiger partial charge in [-0.25, -0.2) is 10.1 Å². The number of nitrogens with two attached hydrogens (primary N) is 1. The highest BCUT2D eigenvalue weighted by Gasteiger charge is 2.13. The van der Waals surface area contributed by atoms with Gasteiger partial charge in [0.05, 0.1) is 16.5 Å². The lowest BCUT2D eigenvalue weighted by atomic mass is 10.2. The average molecular weight is 462 g/mol. The van der Waals surface area contributed by atoms with Gasteiger partial charge in [-0.2, -0.15) is 5.10 Å². The van der Waals surface area contributed by atoms with Crippen molar-refractivity contribution < 1.29 is 4.79 Å². The molecule has 0 saturated heterocycles. The summed E-state index contributed by atoms with van der Waals surface area (Å²) in [5, 5.41) is 15.8. The summed E-state index contributed by atoms with van der Waals surface area (Å²) in [6.45, 7) is 0. The number of thioether (sulfide) groups is 1. The minimum Gasteiger partial charge on any atom is -0.334 e. The predicted octanol–water partition coefficient (Wildman–Crippen LogP) is 4.14.